The van der Waals surface area contributed by atoms with E-state index >= 15 is 0 Å². The molecule has 1 saturated heterocycles. The Bertz CT molecular complexity index is 1170. The molecule has 1 aliphatic heterocycles. The SMILES string of the molecule is CCN(CC)CCNC(=O)[C@@H]1CC(=Cc2ccccc2)CN1C(=O)c1ccc(-c2ccccc2)cc1. The first-order valence-corrected chi connectivity index (χ1v) is 12.8. The molecule has 1 fully saturated rings. The third-order valence-corrected chi connectivity index (χ3v) is 6.80. The molecule has 1 aliphatic rings. The minimum Gasteiger partial charge on any atom is -0.353 e. The van der Waals surface area contributed by atoms with Crippen LogP contribution in [0.1, 0.15) is 36.2 Å². The lowest BCUT2D eigenvalue weighted by atomic mass is 10.0. The molecule has 0 saturated carbocycles. The molecule has 0 radical (unpaired) electrons. The minimum atomic E-state index is -0.516. The Balaban J connectivity index is 1.52. The Morgan fingerprint density at radius 1 is 0.889 bits per heavy atom. The summed E-state index contributed by atoms with van der Waals surface area (Å²) in [6.07, 6.45) is 2.64. The van der Waals surface area contributed by atoms with Crippen LogP contribution < -0.4 is 5.32 Å². The fourth-order valence-electron chi connectivity index (χ4n) is 4.69. The Hall–Kier alpha value is -3.70. The molecule has 3 aromatic carbocycles. The number of amides is 2. The maximum Gasteiger partial charge on any atom is 0.254 e. The molecule has 1 N–H and O–H groups in total. The van der Waals surface area contributed by atoms with Gasteiger partial charge in [0.15, 0.2) is 0 Å². The Labute approximate surface area is 214 Å². The molecular weight excluding hydrogens is 446 g/mol. The van der Waals surface area contributed by atoms with E-state index in [1.54, 1.807) is 4.90 Å². The van der Waals surface area contributed by atoms with Crippen LogP contribution >= 0.6 is 0 Å². The highest BCUT2D eigenvalue weighted by Gasteiger charge is 2.37. The van der Waals surface area contributed by atoms with Crippen molar-refractivity contribution in [2.45, 2.75) is 26.3 Å². The molecule has 5 nitrogen and oxygen atoms in total. The number of rotatable bonds is 9. The standard InChI is InChI=1S/C31H35N3O2/c1-3-33(4-2)20-19-32-30(35)29-22-25(21-24-11-7-5-8-12-24)23-34(29)31(36)28-17-15-27(16-18-28)26-13-9-6-10-14-26/h5-18,21,29H,3-4,19-20,22-23H2,1-2H3,(H,32,35)/t29-/m0/s1. The third kappa shape index (κ3) is 6.29. The molecule has 3 aromatic rings. The summed E-state index contributed by atoms with van der Waals surface area (Å²) in [4.78, 5) is 30.8. The summed E-state index contributed by atoms with van der Waals surface area (Å²) >= 11 is 0. The van der Waals surface area contributed by atoms with Crippen LogP contribution in [0.3, 0.4) is 0 Å². The number of carbonyl (C=O) groups excluding carboxylic acids is 2. The van der Waals surface area contributed by atoms with Gasteiger partial charge in [0.25, 0.3) is 5.91 Å². The van der Waals surface area contributed by atoms with Gasteiger partial charge in [0.05, 0.1) is 0 Å². The van der Waals surface area contributed by atoms with Crippen molar-refractivity contribution in [3.63, 3.8) is 0 Å². The maximum atomic E-state index is 13.6. The second-order valence-corrected chi connectivity index (χ2v) is 9.13. The quantitative estimate of drug-likeness (QED) is 0.462. The van der Waals surface area contributed by atoms with Gasteiger partial charge in [-0.2, -0.15) is 0 Å². The van der Waals surface area contributed by atoms with Crippen LogP contribution in [0.25, 0.3) is 17.2 Å². The number of likely N-dealkylation sites (tertiary alicyclic amines) is 1. The first kappa shape index (κ1) is 25.4. The lowest BCUT2D eigenvalue weighted by Gasteiger charge is -2.24. The van der Waals surface area contributed by atoms with Crippen LogP contribution in [-0.4, -0.2) is 60.4 Å². The molecule has 0 aliphatic carbocycles. The largest absolute Gasteiger partial charge is 0.353 e. The highest BCUT2D eigenvalue weighted by Crippen LogP contribution is 2.28. The fourth-order valence-corrected chi connectivity index (χ4v) is 4.69. The molecule has 0 unspecified atom stereocenters. The molecule has 0 aromatic heterocycles. The van der Waals surface area contributed by atoms with Crippen LogP contribution in [0.15, 0.2) is 90.5 Å². The van der Waals surface area contributed by atoms with Crippen molar-refractivity contribution in [3.8, 4) is 11.1 Å². The van der Waals surface area contributed by atoms with Gasteiger partial charge in [0.1, 0.15) is 6.04 Å². The zero-order valence-electron chi connectivity index (χ0n) is 21.2. The van der Waals surface area contributed by atoms with E-state index < -0.39 is 6.04 Å². The summed E-state index contributed by atoms with van der Waals surface area (Å²) in [6, 6.07) is 27.3. The molecule has 186 valence electrons. The van der Waals surface area contributed by atoms with Crippen molar-refractivity contribution in [3.05, 3.63) is 102 Å². The summed E-state index contributed by atoms with van der Waals surface area (Å²) in [5.41, 5.74) is 4.92. The molecular formula is C31H35N3O2. The van der Waals surface area contributed by atoms with Gasteiger partial charge in [0, 0.05) is 25.2 Å². The predicted molar refractivity (Wildman–Crippen MR) is 147 cm³/mol. The van der Waals surface area contributed by atoms with Crippen molar-refractivity contribution in [2.24, 2.45) is 0 Å². The molecule has 2 amide bonds. The summed E-state index contributed by atoms with van der Waals surface area (Å²) in [5.74, 6) is -0.206. The van der Waals surface area contributed by atoms with Crippen molar-refractivity contribution in [1.82, 2.24) is 15.1 Å². The topological polar surface area (TPSA) is 52.7 Å². The normalized spacial score (nSPS) is 16.5. The number of hydrogen-bond donors (Lipinski definition) is 1. The zero-order chi connectivity index (χ0) is 25.3. The Kier molecular flexibility index (Phi) is 8.69. The average Bonchev–Trinajstić information content (AvgIpc) is 3.35. The molecule has 36 heavy (non-hydrogen) atoms. The second kappa shape index (κ2) is 12.3. The first-order valence-electron chi connectivity index (χ1n) is 12.8. The van der Waals surface area contributed by atoms with E-state index in [2.05, 4.69) is 42.3 Å². The average molecular weight is 482 g/mol. The highest BCUT2D eigenvalue weighted by atomic mass is 16.2. The molecule has 5 heteroatoms. The molecule has 0 bridgehead atoms. The van der Waals surface area contributed by atoms with Gasteiger partial charge < -0.3 is 15.1 Å². The van der Waals surface area contributed by atoms with Gasteiger partial charge in [-0.1, -0.05) is 92.7 Å². The number of nitrogens with zero attached hydrogens (tertiary/aromatic N) is 2. The first-order chi connectivity index (χ1) is 17.6. The van der Waals surface area contributed by atoms with E-state index in [1.807, 2.05) is 72.8 Å². The molecule has 4 rings (SSSR count). The molecule has 0 spiro atoms. The van der Waals surface area contributed by atoms with Crippen molar-refractivity contribution < 1.29 is 9.59 Å². The van der Waals surface area contributed by atoms with Gasteiger partial charge in [0.2, 0.25) is 5.91 Å². The highest BCUT2D eigenvalue weighted by molar-refractivity contribution is 5.99. The van der Waals surface area contributed by atoms with E-state index in [4.69, 9.17) is 0 Å². The van der Waals surface area contributed by atoms with Gasteiger partial charge in [-0.3, -0.25) is 9.59 Å². The molecule has 1 heterocycles. The van der Waals surface area contributed by atoms with Gasteiger partial charge in [-0.15, -0.1) is 0 Å². The van der Waals surface area contributed by atoms with E-state index in [0.717, 1.165) is 41.9 Å². The van der Waals surface area contributed by atoms with Crippen LogP contribution in [0.4, 0.5) is 0 Å². The Morgan fingerprint density at radius 3 is 2.14 bits per heavy atom. The lowest BCUT2D eigenvalue weighted by molar-refractivity contribution is -0.124. The van der Waals surface area contributed by atoms with Crippen molar-refractivity contribution in [1.29, 1.82) is 0 Å². The number of likely N-dealkylation sites (N-methyl/N-ethyl adjacent to an activating group) is 1. The van der Waals surface area contributed by atoms with Crippen LogP contribution in [0.2, 0.25) is 0 Å². The van der Waals surface area contributed by atoms with E-state index in [1.165, 1.54) is 0 Å². The Morgan fingerprint density at radius 2 is 1.50 bits per heavy atom. The lowest BCUT2D eigenvalue weighted by Crippen LogP contribution is -2.47. The predicted octanol–water partition coefficient (Wildman–Crippen LogP) is 5.11. The summed E-state index contributed by atoms with van der Waals surface area (Å²) in [7, 11) is 0. The summed E-state index contributed by atoms with van der Waals surface area (Å²) in [6.45, 7) is 7.95. The fraction of sp³-hybridized carbons (Fsp3) is 0.290. The van der Waals surface area contributed by atoms with Crippen LogP contribution in [0.5, 0.6) is 0 Å². The summed E-state index contributed by atoms with van der Waals surface area (Å²) in [5, 5.41) is 3.07. The zero-order valence-corrected chi connectivity index (χ0v) is 21.2. The smallest absolute Gasteiger partial charge is 0.254 e. The van der Waals surface area contributed by atoms with E-state index in [0.29, 0.717) is 25.1 Å². The second-order valence-electron chi connectivity index (χ2n) is 9.13. The van der Waals surface area contributed by atoms with Gasteiger partial charge >= 0.3 is 0 Å². The van der Waals surface area contributed by atoms with Crippen molar-refractivity contribution >= 4 is 17.9 Å². The molecule has 1 atom stereocenters. The van der Waals surface area contributed by atoms with Crippen LogP contribution in [-0.2, 0) is 4.79 Å². The monoisotopic (exact) mass is 481 g/mol. The van der Waals surface area contributed by atoms with E-state index in [9.17, 15) is 9.59 Å². The maximum absolute atomic E-state index is 13.6. The number of carbonyl (C=O) groups is 2. The minimum absolute atomic E-state index is 0.0899. The van der Waals surface area contributed by atoms with Gasteiger partial charge in [-0.05, 0) is 53.9 Å². The number of benzene rings is 3. The van der Waals surface area contributed by atoms with Gasteiger partial charge in [-0.25, -0.2) is 0 Å². The number of nitrogens with one attached hydrogen (secondary N) is 1. The van der Waals surface area contributed by atoms with Crippen molar-refractivity contribution in [2.75, 3.05) is 32.7 Å². The van der Waals surface area contributed by atoms with Crippen LogP contribution in [0, 0.1) is 0 Å². The summed E-state index contributed by atoms with van der Waals surface area (Å²) < 4.78 is 0. The van der Waals surface area contributed by atoms with E-state index in [-0.39, 0.29) is 11.8 Å². The number of hydrogen-bond acceptors (Lipinski definition) is 3. The third-order valence-electron chi connectivity index (χ3n) is 6.80.